The fourth-order valence-electron chi connectivity index (χ4n) is 2.48. The van der Waals surface area contributed by atoms with Gasteiger partial charge in [-0.2, -0.15) is 0 Å². The summed E-state index contributed by atoms with van der Waals surface area (Å²) in [5.41, 5.74) is 1.42. The van der Waals surface area contributed by atoms with Crippen molar-refractivity contribution in [1.29, 1.82) is 0 Å². The molecule has 1 aliphatic carbocycles. The van der Waals surface area contributed by atoms with E-state index < -0.39 is 6.10 Å². The molecule has 0 aromatic heterocycles. The van der Waals surface area contributed by atoms with Gasteiger partial charge in [-0.25, -0.2) is 0 Å². The predicted octanol–water partition coefficient (Wildman–Crippen LogP) is 3.19. The number of Topliss-reactive ketones (excluding diaryl/α,β-unsaturated/α-hetero) is 1. The molecular formula is C16H21ClO4. The van der Waals surface area contributed by atoms with E-state index in [-0.39, 0.29) is 31.0 Å². The summed E-state index contributed by atoms with van der Waals surface area (Å²) < 4.78 is 10.9. The average molecular weight is 313 g/mol. The van der Waals surface area contributed by atoms with Gasteiger partial charge >= 0.3 is 0 Å². The first-order valence-corrected chi connectivity index (χ1v) is 7.56. The first-order chi connectivity index (χ1) is 9.90. The number of hydrogen-bond donors (Lipinski definition) is 1. The molecule has 2 unspecified atom stereocenters. The normalized spacial score (nSPS) is 19.0. The summed E-state index contributed by atoms with van der Waals surface area (Å²) >= 11 is 6.17. The Morgan fingerprint density at radius 1 is 1.38 bits per heavy atom. The molecule has 21 heavy (non-hydrogen) atoms. The Labute approximate surface area is 130 Å². The van der Waals surface area contributed by atoms with E-state index in [0.29, 0.717) is 22.8 Å². The molecule has 2 rings (SSSR count). The van der Waals surface area contributed by atoms with Crippen LogP contribution in [-0.4, -0.2) is 36.3 Å². The Morgan fingerprint density at radius 2 is 2.10 bits per heavy atom. The van der Waals surface area contributed by atoms with Crippen LogP contribution in [0.25, 0.3) is 0 Å². The van der Waals surface area contributed by atoms with Gasteiger partial charge in [-0.15, -0.1) is 0 Å². The molecular weight excluding hydrogens is 292 g/mol. The van der Waals surface area contributed by atoms with Crippen LogP contribution >= 0.6 is 11.6 Å². The van der Waals surface area contributed by atoms with Gasteiger partial charge in [-0.3, -0.25) is 4.79 Å². The summed E-state index contributed by atoms with van der Waals surface area (Å²) in [5, 5.41) is 10.4. The number of rotatable bonds is 6. The number of halogens is 1. The van der Waals surface area contributed by atoms with Crippen LogP contribution < -0.4 is 4.74 Å². The van der Waals surface area contributed by atoms with Crippen LogP contribution in [0.4, 0.5) is 0 Å². The second-order valence-electron chi connectivity index (χ2n) is 5.71. The van der Waals surface area contributed by atoms with Crippen LogP contribution in [0.5, 0.6) is 5.75 Å². The summed E-state index contributed by atoms with van der Waals surface area (Å²) in [6.45, 7) is 6.07. The molecule has 5 heteroatoms. The highest BCUT2D eigenvalue weighted by molar-refractivity contribution is 6.32. The number of carbonyl (C=O) groups is 1. The molecule has 0 saturated carbocycles. The molecule has 1 aromatic rings. The molecule has 0 heterocycles. The van der Waals surface area contributed by atoms with Crippen molar-refractivity contribution in [2.75, 3.05) is 13.2 Å². The van der Waals surface area contributed by atoms with E-state index in [9.17, 15) is 9.90 Å². The number of ether oxygens (including phenoxy) is 2. The molecule has 0 bridgehead atoms. The van der Waals surface area contributed by atoms with Crippen molar-refractivity contribution in [1.82, 2.24) is 0 Å². The van der Waals surface area contributed by atoms with Crippen molar-refractivity contribution in [3.05, 3.63) is 28.3 Å². The van der Waals surface area contributed by atoms with Gasteiger partial charge in [-0.1, -0.05) is 18.5 Å². The predicted molar refractivity (Wildman–Crippen MR) is 81.4 cm³/mol. The van der Waals surface area contributed by atoms with E-state index in [2.05, 4.69) is 0 Å². The summed E-state index contributed by atoms with van der Waals surface area (Å²) in [7, 11) is 0. The molecule has 1 N–H and O–H groups in total. The highest BCUT2D eigenvalue weighted by Gasteiger charge is 2.31. The maximum atomic E-state index is 12.1. The minimum atomic E-state index is -0.729. The van der Waals surface area contributed by atoms with Crippen LogP contribution in [0.15, 0.2) is 12.1 Å². The van der Waals surface area contributed by atoms with E-state index >= 15 is 0 Å². The Balaban J connectivity index is 2.07. The summed E-state index contributed by atoms with van der Waals surface area (Å²) in [6, 6.07) is 3.43. The van der Waals surface area contributed by atoms with Crippen LogP contribution in [0.2, 0.25) is 5.02 Å². The Hall–Kier alpha value is -1.10. The first-order valence-electron chi connectivity index (χ1n) is 7.18. The van der Waals surface area contributed by atoms with Gasteiger partial charge < -0.3 is 14.6 Å². The average Bonchev–Trinajstić information content (AvgIpc) is 2.72. The van der Waals surface area contributed by atoms with Gasteiger partial charge in [0.2, 0.25) is 0 Å². The number of carbonyl (C=O) groups excluding carboxylic acids is 1. The number of aliphatic hydroxyl groups excluding tert-OH is 1. The molecule has 0 fully saturated rings. The quantitative estimate of drug-likeness (QED) is 0.876. The van der Waals surface area contributed by atoms with E-state index in [0.717, 1.165) is 5.56 Å². The van der Waals surface area contributed by atoms with Crippen molar-refractivity contribution in [3.8, 4) is 5.75 Å². The molecule has 0 aliphatic heterocycles. The maximum absolute atomic E-state index is 12.1. The second kappa shape index (κ2) is 6.77. The smallest absolute Gasteiger partial charge is 0.167 e. The summed E-state index contributed by atoms with van der Waals surface area (Å²) in [6.07, 6.45) is -0.219. The van der Waals surface area contributed by atoms with Crippen molar-refractivity contribution in [3.63, 3.8) is 0 Å². The standard InChI is InChI=1S/C16H21ClO4/c1-9(2)20-7-11(18)8-21-14-5-4-12(17)15-10(3)6-13(19)16(14)15/h4-5,9-11,18H,6-8H2,1-3H3. The fourth-order valence-corrected chi connectivity index (χ4v) is 2.83. The fraction of sp³-hybridized carbons (Fsp3) is 0.562. The second-order valence-corrected chi connectivity index (χ2v) is 6.12. The van der Waals surface area contributed by atoms with E-state index in [1.165, 1.54) is 0 Å². The molecule has 116 valence electrons. The molecule has 0 amide bonds. The molecule has 0 saturated heterocycles. The lowest BCUT2D eigenvalue weighted by molar-refractivity contribution is -0.0123. The van der Waals surface area contributed by atoms with Gasteiger partial charge in [0.15, 0.2) is 5.78 Å². The lowest BCUT2D eigenvalue weighted by Gasteiger charge is -2.16. The minimum Gasteiger partial charge on any atom is -0.490 e. The molecule has 0 spiro atoms. The molecule has 2 atom stereocenters. The van der Waals surface area contributed by atoms with Crippen molar-refractivity contribution in [2.45, 2.75) is 45.3 Å². The lowest BCUT2D eigenvalue weighted by atomic mass is 10.0. The van der Waals surface area contributed by atoms with Crippen molar-refractivity contribution in [2.24, 2.45) is 0 Å². The van der Waals surface area contributed by atoms with E-state index in [1.54, 1.807) is 12.1 Å². The number of aliphatic hydroxyl groups is 1. The third-order valence-corrected chi connectivity index (χ3v) is 3.80. The summed E-state index contributed by atoms with van der Waals surface area (Å²) in [5.74, 6) is 0.646. The van der Waals surface area contributed by atoms with Crippen molar-refractivity contribution >= 4 is 17.4 Å². The zero-order chi connectivity index (χ0) is 15.6. The first kappa shape index (κ1) is 16.3. The van der Waals surface area contributed by atoms with E-state index in [1.807, 2.05) is 20.8 Å². The minimum absolute atomic E-state index is 0.0444. The topological polar surface area (TPSA) is 55.8 Å². The van der Waals surface area contributed by atoms with Crippen LogP contribution in [0.1, 0.15) is 49.0 Å². The van der Waals surface area contributed by atoms with Crippen LogP contribution in [-0.2, 0) is 4.74 Å². The highest BCUT2D eigenvalue weighted by atomic mass is 35.5. The SMILES string of the molecule is CC(C)OCC(O)COc1ccc(Cl)c2c1C(=O)CC2C. The Morgan fingerprint density at radius 3 is 2.76 bits per heavy atom. The van der Waals surface area contributed by atoms with Crippen LogP contribution in [0, 0.1) is 0 Å². The monoisotopic (exact) mass is 312 g/mol. The molecule has 4 nitrogen and oxygen atoms in total. The molecule has 1 aliphatic rings. The molecule has 1 aromatic carbocycles. The van der Waals surface area contributed by atoms with Crippen molar-refractivity contribution < 1.29 is 19.4 Å². The van der Waals surface area contributed by atoms with Gasteiger partial charge in [0.1, 0.15) is 18.5 Å². The summed E-state index contributed by atoms with van der Waals surface area (Å²) in [4.78, 5) is 12.1. The largest absolute Gasteiger partial charge is 0.490 e. The molecule has 0 radical (unpaired) electrons. The van der Waals surface area contributed by atoms with Gasteiger partial charge in [0.25, 0.3) is 0 Å². The third-order valence-electron chi connectivity index (χ3n) is 3.47. The number of fused-ring (bicyclic) bond motifs is 1. The highest BCUT2D eigenvalue weighted by Crippen LogP contribution is 2.42. The van der Waals surface area contributed by atoms with Crippen LogP contribution in [0.3, 0.4) is 0 Å². The number of hydrogen-bond acceptors (Lipinski definition) is 4. The van der Waals surface area contributed by atoms with Gasteiger partial charge in [0.05, 0.1) is 18.3 Å². The Kier molecular flexibility index (Phi) is 5.25. The number of benzene rings is 1. The lowest BCUT2D eigenvalue weighted by Crippen LogP contribution is -2.25. The zero-order valence-corrected chi connectivity index (χ0v) is 13.3. The van der Waals surface area contributed by atoms with Gasteiger partial charge in [-0.05, 0) is 37.5 Å². The third kappa shape index (κ3) is 3.76. The maximum Gasteiger partial charge on any atom is 0.167 e. The zero-order valence-electron chi connectivity index (χ0n) is 12.6. The Bertz CT molecular complexity index is 527. The van der Waals surface area contributed by atoms with Gasteiger partial charge in [0, 0.05) is 11.4 Å². The van der Waals surface area contributed by atoms with E-state index in [4.69, 9.17) is 21.1 Å². The number of ketones is 1.